The van der Waals surface area contributed by atoms with Crippen LogP contribution in [0.5, 0.6) is 0 Å². The van der Waals surface area contributed by atoms with Gasteiger partial charge in [0.1, 0.15) is 0 Å². The molecule has 8 heteroatoms. The summed E-state index contributed by atoms with van der Waals surface area (Å²) in [4.78, 5) is 11.9. The summed E-state index contributed by atoms with van der Waals surface area (Å²) in [5.41, 5.74) is 4.54. The molecule has 5 rings (SSSR count). The third-order valence-electron chi connectivity index (χ3n) is 5.74. The second kappa shape index (κ2) is 9.97. The molecule has 0 spiro atoms. The molecule has 33 heavy (non-hydrogen) atoms. The highest BCUT2D eigenvalue weighted by Gasteiger charge is 2.19. The lowest BCUT2D eigenvalue weighted by atomic mass is 9.99. The monoisotopic (exact) mass is 444 g/mol. The average Bonchev–Trinajstić information content (AvgIpc) is 3.55. The zero-order chi connectivity index (χ0) is 22.5. The first-order chi connectivity index (χ1) is 16.3. The van der Waals surface area contributed by atoms with Crippen molar-refractivity contribution in [1.82, 2.24) is 24.5 Å². The van der Waals surface area contributed by atoms with Crippen LogP contribution in [0.3, 0.4) is 0 Å². The van der Waals surface area contributed by atoms with Crippen LogP contribution >= 0.6 is 0 Å². The highest BCUT2D eigenvalue weighted by atomic mass is 16.5. The van der Waals surface area contributed by atoms with Gasteiger partial charge >= 0.3 is 0 Å². The molecule has 0 aliphatic carbocycles. The SMILES string of the molecule is CCOCCNc1ncc(CN2CC=C(c3ccccc3)CC2)c2nc(-c3ccco3)nn12. The number of nitrogens with one attached hydrogen (secondary N) is 1. The maximum absolute atomic E-state index is 5.53. The topological polar surface area (TPSA) is 80.7 Å². The fourth-order valence-corrected chi connectivity index (χ4v) is 4.05. The van der Waals surface area contributed by atoms with E-state index in [2.05, 4.69) is 56.7 Å². The van der Waals surface area contributed by atoms with Gasteiger partial charge in [-0.05, 0) is 36.6 Å². The standard InChI is InChI=1S/C25H28N6O2/c1-2-32-16-12-26-25-27-17-21(24-28-23(29-31(24)25)22-9-6-15-33-22)18-30-13-10-20(11-14-30)19-7-4-3-5-8-19/h3-10,15,17H,2,11-14,16,18H2,1H3,(H,26,27). The normalized spacial score (nSPS) is 14.5. The number of anilines is 1. The first-order valence-electron chi connectivity index (χ1n) is 11.4. The quantitative estimate of drug-likeness (QED) is 0.389. The van der Waals surface area contributed by atoms with E-state index < -0.39 is 0 Å². The van der Waals surface area contributed by atoms with Gasteiger partial charge in [0, 0.05) is 44.5 Å². The minimum atomic E-state index is 0.548. The third-order valence-corrected chi connectivity index (χ3v) is 5.74. The van der Waals surface area contributed by atoms with Crippen LogP contribution in [-0.2, 0) is 11.3 Å². The molecule has 0 unspecified atom stereocenters. The van der Waals surface area contributed by atoms with Gasteiger partial charge in [0.05, 0.1) is 12.9 Å². The van der Waals surface area contributed by atoms with Crippen molar-refractivity contribution >= 4 is 17.2 Å². The van der Waals surface area contributed by atoms with Gasteiger partial charge in [-0.25, -0.2) is 9.97 Å². The molecule has 0 saturated carbocycles. The summed E-state index contributed by atoms with van der Waals surface area (Å²) < 4.78 is 12.7. The van der Waals surface area contributed by atoms with Gasteiger partial charge in [-0.3, -0.25) is 4.90 Å². The molecule has 1 aliphatic rings. The van der Waals surface area contributed by atoms with E-state index in [1.165, 1.54) is 11.1 Å². The molecule has 8 nitrogen and oxygen atoms in total. The lowest BCUT2D eigenvalue weighted by Gasteiger charge is -2.26. The van der Waals surface area contributed by atoms with Crippen molar-refractivity contribution in [2.75, 3.05) is 38.2 Å². The lowest BCUT2D eigenvalue weighted by molar-refractivity contribution is 0.158. The Morgan fingerprint density at radius 3 is 2.82 bits per heavy atom. The number of hydrogen-bond acceptors (Lipinski definition) is 7. The lowest BCUT2D eigenvalue weighted by Crippen LogP contribution is -2.28. The van der Waals surface area contributed by atoms with E-state index in [0.717, 1.165) is 37.3 Å². The Kier molecular flexibility index (Phi) is 6.46. The van der Waals surface area contributed by atoms with Crippen molar-refractivity contribution in [2.24, 2.45) is 0 Å². The van der Waals surface area contributed by atoms with Gasteiger partial charge in [-0.1, -0.05) is 36.4 Å². The van der Waals surface area contributed by atoms with Crippen LogP contribution in [0.25, 0.3) is 22.8 Å². The number of hydrogen-bond donors (Lipinski definition) is 1. The first kappa shape index (κ1) is 21.4. The summed E-state index contributed by atoms with van der Waals surface area (Å²) in [5, 5.41) is 7.98. The minimum absolute atomic E-state index is 0.548. The van der Waals surface area contributed by atoms with Crippen LogP contribution in [0, 0.1) is 0 Å². The van der Waals surface area contributed by atoms with Crippen LogP contribution in [0.2, 0.25) is 0 Å². The fraction of sp³-hybridized carbons (Fsp3) is 0.320. The predicted molar refractivity (Wildman–Crippen MR) is 128 cm³/mol. The van der Waals surface area contributed by atoms with Crippen LogP contribution in [0.1, 0.15) is 24.5 Å². The molecule has 1 aliphatic heterocycles. The van der Waals surface area contributed by atoms with Crippen LogP contribution < -0.4 is 5.32 Å². The second-order valence-electron chi connectivity index (χ2n) is 7.96. The Balaban J connectivity index is 1.38. The summed E-state index contributed by atoms with van der Waals surface area (Å²) in [6.07, 6.45) is 6.88. The first-order valence-corrected chi connectivity index (χ1v) is 11.4. The van der Waals surface area contributed by atoms with Crippen LogP contribution in [0.4, 0.5) is 5.95 Å². The van der Waals surface area contributed by atoms with Crippen molar-refractivity contribution in [3.05, 3.63) is 72.1 Å². The Morgan fingerprint density at radius 2 is 2.06 bits per heavy atom. The molecule has 4 aromatic rings. The summed E-state index contributed by atoms with van der Waals surface area (Å²) in [6, 6.07) is 14.3. The minimum Gasteiger partial charge on any atom is -0.461 e. The zero-order valence-electron chi connectivity index (χ0n) is 18.8. The Labute approximate surface area is 192 Å². The van der Waals surface area contributed by atoms with Gasteiger partial charge < -0.3 is 14.5 Å². The average molecular weight is 445 g/mol. The van der Waals surface area contributed by atoms with Crippen molar-refractivity contribution in [3.63, 3.8) is 0 Å². The molecule has 0 atom stereocenters. The van der Waals surface area contributed by atoms with Crippen LogP contribution in [-0.4, -0.2) is 57.3 Å². The van der Waals surface area contributed by atoms with E-state index in [1.807, 2.05) is 25.3 Å². The molecule has 0 amide bonds. The van der Waals surface area contributed by atoms with Crippen molar-refractivity contribution in [2.45, 2.75) is 19.9 Å². The van der Waals surface area contributed by atoms with Gasteiger partial charge in [0.2, 0.25) is 11.8 Å². The largest absolute Gasteiger partial charge is 0.461 e. The number of aromatic nitrogens is 4. The maximum atomic E-state index is 5.53. The molecule has 1 N–H and O–H groups in total. The van der Waals surface area contributed by atoms with Gasteiger partial charge in [-0.15, -0.1) is 5.10 Å². The molecule has 4 heterocycles. The number of fused-ring (bicyclic) bond motifs is 1. The van der Waals surface area contributed by atoms with E-state index in [4.69, 9.17) is 14.1 Å². The summed E-state index contributed by atoms with van der Waals surface area (Å²) in [6.45, 7) is 6.55. The van der Waals surface area contributed by atoms with E-state index in [0.29, 0.717) is 37.3 Å². The zero-order valence-corrected chi connectivity index (χ0v) is 18.8. The number of nitrogens with zero attached hydrogens (tertiary/aromatic N) is 5. The second-order valence-corrected chi connectivity index (χ2v) is 7.96. The molecule has 0 radical (unpaired) electrons. The Morgan fingerprint density at radius 1 is 1.15 bits per heavy atom. The summed E-state index contributed by atoms with van der Waals surface area (Å²) in [5.74, 6) is 1.83. The molecular formula is C25H28N6O2. The Bertz CT molecular complexity index is 1220. The smallest absolute Gasteiger partial charge is 0.225 e. The molecule has 3 aromatic heterocycles. The van der Waals surface area contributed by atoms with E-state index >= 15 is 0 Å². The number of furan rings is 1. The fourth-order valence-electron chi connectivity index (χ4n) is 4.05. The highest BCUT2D eigenvalue weighted by molar-refractivity contribution is 5.66. The van der Waals surface area contributed by atoms with Gasteiger partial charge in [0.25, 0.3) is 0 Å². The van der Waals surface area contributed by atoms with E-state index in [9.17, 15) is 0 Å². The molecule has 0 saturated heterocycles. The van der Waals surface area contributed by atoms with Gasteiger partial charge in [0.15, 0.2) is 11.4 Å². The molecular weight excluding hydrogens is 416 g/mol. The van der Waals surface area contributed by atoms with E-state index in [-0.39, 0.29) is 0 Å². The molecule has 170 valence electrons. The number of rotatable bonds is 9. The van der Waals surface area contributed by atoms with Gasteiger partial charge in [-0.2, -0.15) is 4.52 Å². The van der Waals surface area contributed by atoms with Crippen LogP contribution in [0.15, 0.2) is 65.4 Å². The maximum Gasteiger partial charge on any atom is 0.225 e. The van der Waals surface area contributed by atoms with Crippen molar-refractivity contribution < 1.29 is 9.15 Å². The highest BCUT2D eigenvalue weighted by Crippen LogP contribution is 2.25. The molecule has 0 bridgehead atoms. The van der Waals surface area contributed by atoms with E-state index in [1.54, 1.807) is 10.8 Å². The molecule has 1 aromatic carbocycles. The number of ether oxygens (including phenoxy) is 1. The summed E-state index contributed by atoms with van der Waals surface area (Å²) in [7, 11) is 0. The van der Waals surface area contributed by atoms with Crippen molar-refractivity contribution in [1.29, 1.82) is 0 Å². The Hall–Kier alpha value is -3.49. The predicted octanol–water partition coefficient (Wildman–Crippen LogP) is 4.12. The summed E-state index contributed by atoms with van der Waals surface area (Å²) >= 11 is 0. The third kappa shape index (κ3) is 4.81. The molecule has 0 fully saturated rings. The number of benzene rings is 1. The van der Waals surface area contributed by atoms with Crippen molar-refractivity contribution in [3.8, 4) is 11.6 Å².